The number of hydrogen-bond donors (Lipinski definition) is 1. The van der Waals surface area contributed by atoms with E-state index in [4.69, 9.17) is 14.2 Å². The molecule has 26 heavy (non-hydrogen) atoms. The Labute approximate surface area is 160 Å². The van der Waals surface area contributed by atoms with Crippen LogP contribution in [0.25, 0.3) is 0 Å². The van der Waals surface area contributed by atoms with Crippen molar-refractivity contribution in [2.45, 2.75) is 13.1 Å². The topological polar surface area (TPSA) is 55.9 Å². The summed E-state index contributed by atoms with van der Waals surface area (Å²) in [6.45, 7) is 4.70. The van der Waals surface area contributed by atoms with Crippen LogP contribution in [0.4, 0.5) is 5.82 Å². The van der Waals surface area contributed by atoms with Gasteiger partial charge in [-0.2, -0.15) is 0 Å². The summed E-state index contributed by atoms with van der Waals surface area (Å²) in [5, 5.41) is 3.49. The Kier molecular flexibility index (Phi) is 7.97. The van der Waals surface area contributed by atoms with E-state index >= 15 is 0 Å². The maximum Gasteiger partial charge on any atom is 0.133 e. The minimum atomic E-state index is 0. The third kappa shape index (κ3) is 5.00. The molecule has 1 aliphatic rings. The number of benzene rings is 1. The first-order valence-corrected chi connectivity index (χ1v) is 8.50. The molecule has 3 rings (SSSR count). The summed E-state index contributed by atoms with van der Waals surface area (Å²) in [5.74, 6) is 2.72. The molecule has 0 atom stereocenters. The van der Waals surface area contributed by atoms with Crippen molar-refractivity contribution >= 4 is 18.2 Å². The second-order valence-electron chi connectivity index (χ2n) is 5.87. The average Bonchev–Trinajstić information content (AvgIpc) is 2.69. The van der Waals surface area contributed by atoms with E-state index in [1.54, 1.807) is 14.2 Å². The summed E-state index contributed by atoms with van der Waals surface area (Å²) >= 11 is 0. The van der Waals surface area contributed by atoms with E-state index in [2.05, 4.69) is 21.3 Å². The van der Waals surface area contributed by atoms with Crippen LogP contribution in [-0.4, -0.2) is 45.5 Å². The number of aromatic nitrogens is 1. The highest BCUT2D eigenvalue weighted by molar-refractivity contribution is 5.85. The third-order valence-corrected chi connectivity index (χ3v) is 4.30. The van der Waals surface area contributed by atoms with E-state index in [1.165, 1.54) is 5.56 Å². The van der Waals surface area contributed by atoms with Gasteiger partial charge in [0.25, 0.3) is 0 Å². The SMILES string of the molecule is COc1ccc(OC)c(CNCc2cccnc2N2CCOCC2)c1.Cl. The lowest BCUT2D eigenvalue weighted by Crippen LogP contribution is -2.37. The minimum absolute atomic E-state index is 0. The van der Waals surface area contributed by atoms with Crippen LogP contribution in [0.1, 0.15) is 11.1 Å². The van der Waals surface area contributed by atoms with E-state index in [1.807, 2.05) is 30.5 Å². The molecule has 1 aromatic carbocycles. The van der Waals surface area contributed by atoms with Crippen molar-refractivity contribution in [3.8, 4) is 11.5 Å². The predicted molar refractivity (Wildman–Crippen MR) is 105 cm³/mol. The van der Waals surface area contributed by atoms with E-state index in [0.29, 0.717) is 6.54 Å². The molecule has 6 nitrogen and oxygen atoms in total. The molecule has 0 saturated carbocycles. The number of methoxy groups -OCH3 is 2. The molecule has 1 N–H and O–H groups in total. The van der Waals surface area contributed by atoms with Crippen molar-refractivity contribution in [2.24, 2.45) is 0 Å². The largest absolute Gasteiger partial charge is 0.497 e. The molecule has 1 fully saturated rings. The summed E-state index contributed by atoms with van der Waals surface area (Å²) in [7, 11) is 3.35. The Hall–Kier alpha value is -2.02. The standard InChI is InChI=1S/C19H25N3O3.ClH/c1-23-17-5-6-18(24-2)16(12-17)14-20-13-15-4-3-7-21-19(15)22-8-10-25-11-9-22;/h3-7,12,20H,8-11,13-14H2,1-2H3;1H. The van der Waals surface area contributed by atoms with Gasteiger partial charge < -0.3 is 24.4 Å². The summed E-state index contributed by atoms with van der Waals surface area (Å²) in [5.41, 5.74) is 2.25. The number of halogens is 1. The fraction of sp³-hybridized carbons (Fsp3) is 0.421. The van der Waals surface area contributed by atoms with E-state index in [9.17, 15) is 0 Å². The highest BCUT2D eigenvalue weighted by Crippen LogP contribution is 2.24. The lowest BCUT2D eigenvalue weighted by Gasteiger charge is -2.29. The molecule has 142 valence electrons. The van der Waals surface area contributed by atoms with Gasteiger partial charge >= 0.3 is 0 Å². The van der Waals surface area contributed by atoms with Crippen LogP contribution >= 0.6 is 12.4 Å². The van der Waals surface area contributed by atoms with Crippen molar-refractivity contribution in [1.29, 1.82) is 0 Å². The number of nitrogens with zero attached hydrogens (tertiary/aromatic N) is 2. The molecule has 0 amide bonds. The Balaban J connectivity index is 0.00000243. The van der Waals surface area contributed by atoms with Crippen LogP contribution in [0.15, 0.2) is 36.5 Å². The van der Waals surface area contributed by atoms with Gasteiger partial charge in [-0.1, -0.05) is 6.07 Å². The van der Waals surface area contributed by atoms with Crippen LogP contribution in [0, 0.1) is 0 Å². The van der Waals surface area contributed by atoms with Gasteiger partial charge in [0.1, 0.15) is 17.3 Å². The molecular weight excluding hydrogens is 354 g/mol. The van der Waals surface area contributed by atoms with Crippen LogP contribution in [0.3, 0.4) is 0 Å². The summed E-state index contributed by atoms with van der Waals surface area (Å²) in [6.07, 6.45) is 1.85. The van der Waals surface area contributed by atoms with Gasteiger partial charge in [0.2, 0.25) is 0 Å². The highest BCUT2D eigenvalue weighted by Gasteiger charge is 2.15. The number of rotatable bonds is 7. The van der Waals surface area contributed by atoms with Gasteiger partial charge in [0, 0.05) is 43.5 Å². The molecular formula is C19H26ClN3O3. The zero-order valence-electron chi connectivity index (χ0n) is 15.2. The highest BCUT2D eigenvalue weighted by atomic mass is 35.5. The lowest BCUT2D eigenvalue weighted by atomic mass is 10.1. The fourth-order valence-electron chi connectivity index (χ4n) is 2.98. The van der Waals surface area contributed by atoms with Gasteiger partial charge in [-0.05, 0) is 24.3 Å². The molecule has 0 aliphatic carbocycles. The second-order valence-corrected chi connectivity index (χ2v) is 5.87. The van der Waals surface area contributed by atoms with Crippen LogP contribution < -0.4 is 19.7 Å². The number of pyridine rings is 1. The monoisotopic (exact) mass is 379 g/mol. The number of anilines is 1. The molecule has 0 bridgehead atoms. The molecule has 2 heterocycles. The zero-order valence-corrected chi connectivity index (χ0v) is 16.1. The molecule has 0 radical (unpaired) electrons. The number of hydrogen-bond acceptors (Lipinski definition) is 6. The quantitative estimate of drug-likeness (QED) is 0.798. The Morgan fingerprint density at radius 3 is 2.58 bits per heavy atom. The molecule has 0 spiro atoms. The molecule has 7 heteroatoms. The van der Waals surface area contributed by atoms with E-state index in [0.717, 1.165) is 55.7 Å². The predicted octanol–water partition coefficient (Wildman–Crippen LogP) is 2.65. The van der Waals surface area contributed by atoms with Gasteiger partial charge in [0.05, 0.1) is 27.4 Å². The molecule has 1 aliphatic heterocycles. The van der Waals surface area contributed by atoms with Gasteiger partial charge in [-0.3, -0.25) is 0 Å². The number of morpholine rings is 1. The van der Waals surface area contributed by atoms with Crippen molar-refractivity contribution in [1.82, 2.24) is 10.3 Å². The van der Waals surface area contributed by atoms with E-state index < -0.39 is 0 Å². The third-order valence-electron chi connectivity index (χ3n) is 4.30. The average molecular weight is 380 g/mol. The second kappa shape index (κ2) is 10.2. The Morgan fingerprint density at radius 1 is 1.08 bits per heavy atom. The molecule has 1 saturated heterocycles. The minimum Gasteiger partial charge on any atom is -0.497 e. The fourth-order valence-corrected chi connectivity index (χ4v) is 2.98. The maximum atomic E-state index is 5.44. The smallest absolute Gasteiger partial charge is 0.133 e. The molecule has 2 aromatic rings. The van der Waals surface area contributed by atoms with Crippen molar-refractivity contribution < 1.29 is 14.2 Å². The maximum absolute atomic E-state index is 5.44. The Morgan fingerprint density at radius 2 is 1.85 bits per heavy atom. The molecule has 1 aromatic heterocycles. The first-order valence-electron chi connectivity index (χ1n) is 8.50. The first kappa shape index (κ1) is 20.3. The lowest BCUT2D eigenvalue weighted by molar-refractivity contribution is 0.122. The Bertz CT molecular complexity index is 693. The van der Waals surface area contributed by atoms with Gasteiger partial charge in [-0.15, -0.1) is 12.4 Å². The normalized spacial score (nSPS) is 13.8. The van der Waals surface area contributed by atoms with Crippen molar-refractivity contribution in [2.75, 3.05) is 45.4 Å². The zero-order chi connectivity index (χ0) is 17.5. The number of ether oxygens (including phenoxy) is 3. The summed E-state index contributed by atoms with van der Waals surface area (Å²) in [6, 6.07) is 9.93. The summed E-state index contributed by atoms with van der Waals surface area (Å²) in [4.78, 5) is 6.86. The van der Waals surface area contributed by atoms with Crippen molar-refractivity contribution in [3.05, 3.63) is 47.7 Å². The van der Waals surface area contributed by atoms with Gasteiger partial charge in [-0.25, -0.2) is 4.98 Å². The first-order chi connectivity index (χ1) is 12.3. The van der Waals surface area contributed by atoms with Crippen LogP contribution in [0.5, 0.6) is 11.5 Å². The van der Waals surface area contributed by atoms with Crippen LogP contribution in [0.2, 0.25) is 0 Å². The summed E-state index contributed by atoms with van der Waals surface area (Å²) < 4.78 is 16.2. The van der Waals surface area contributed by atoms with Crippen LogP contribution in [-0.2, 0) is 17.8 Å². The van der Waals surface area contributed by atoms with Crippen molar-refractivity contribution in [3.63, 3.8) is 0 Å². The van der Waals surface area contributed by atoms with E-state index in [-0.39, 0.29) is 12.4 Å². The number of nitrogens with one attached hydrogen (secondary N) is 1. The molecule has 0 unspecified atom stereocenters. The van der Waals surface area contributed by atoms with Gasteiger partial charge in [0.15, 0.2) is 0 Å².